The number of rotatable bonds is 6. The van der Waals surface area contributed by atoms with E-state index in [2.05, 4.69) is 5.32 Å². The molecule has 0 saturated heterocycles. The van der Waals surface area contributed by atoms with Crippen LogP contribution in [0.5, 0.6) is 0 Å². The maximum atomic E-state index is 11.9. The monoisotopic (exact) mass is 328 g/mol. The van der Waals surface area contributed by atoms with Gasteiger partial charge in [0, 0.05) is 29.5 Å². The number of carbonyl (C=O) groups excluding carboxylic acids is 2. The van der Waals surface area contributed by atoms with Crippen LogP contribution in [0.1, 0.15) is 44.7 Å². The molecule has 0 unspecified atom stereocenters. The molecule has 1 aliphatic rings. The predicted molar refractivity (Wildman–Crippen MR) is 94.7 cm³/mol. The molecule has 1 aromatic carbocycles. The smallest absolute Gasteiger partial charge is 0.306 e. The van der Waals surface area contributed by atoms with Crippen LogP contribution in [0.3, 0.4) is 0 Å². The van der Waals surface area contributed by atoms with Gasteiger partial charge in [-0.15, -0.1) is 0 Å². The molecular formula is C19H24N2O3. The molecule has 1 heterocycles. The zero-order valence-electron chi connectivity index (χ0n) is 14.4. The van der Waals surface area contributed by atoms with Gasteiger partial charge in [0.25, 0.3) is 0 Å². The van der Waals surface area contributed by atoms with Crippen molar-refractivity contribution in [2.45, 2.75) is 39.2 Å². The Bertz CT molecular complexity index is 702. The number of Topliss-reactive ketones (excluding diaryl/α,β-unsaturated/α-hetero) is 1. The molecule has 3 N–H and O–H groups in total. The van der Waals surface area contributed by atoms with Crippen molar-refractivity contribution in [2.75, 3.05) is 6.54 Å². The summed E-state index contributed by atoms with van der Waals surface area (Å²) in [4.78, 5) is 23.7. The van der Waals surface area contributed by atoms with Gasteiger partial charge in [0.2, 0.25) is 0 Å². The van der Waals surface area contributed by atoms with Crippen molar-refractivity contribution < 1.29 is 14.3 Å². The SMILES string of the molecule is CC(=O)C1=CN/C(=C/C(C)(C)OC(=O)CCCN)c2ccccc21. The van der Waals surface area contributed by atoms with Gasteiger partial charge in [-0.25, -0.2) is 0 Å². The molecular weight excluding hydrogens is 304 g/mol. The lowest BCUT2D eigenvalue weighted by Crippen LogP contribution is -2.28. The molecule has 0 atom stereocenters. The Balaban J connectivity index is 2.27. The molecule has 0 saturated carbocycles. The second-order valence-electron chi connectivity index (χ2n) is 6.33. The standard InChI is InChI=1S/C19H24N2O3/c1-13(22)16-12-21-17(15-8-5-4-7-14(15)16)11-19(2,3)24-18(23)9-6-10-20/h4-5,7-8,11-12,21H,6,9-10,20H2,1-3H3/b17-11+. The first-order valence-electron chi connectivity index (χ1n) is 8.06. The van der Waals surface area contributed by atoms with E-state index in [1.807, 2.05) is 44.2 Å². The van der Waals surface area contributed by atoms with Gasteiger partial charge in [0.1, 0.15) is 5.60 Å². The highest BCUT2D eigenvalue weighted by molar-refractivity contribution is 6.21. The second-order valence-corrected chi connectivity index (χ2v) is 6.33. The van der Waals surface area contributed by atoms with E-state index in [1.54, 1.807) is 13.1 Å². The number of ketones is 1. The van der Waals surface area contributed by atoms with Crippen molar-refractivity contribution in [2.24, 2.45) is 5.73 Å². The van der Waals surface area contributed by atoms with Crippen LogP contribution in [0.15, 0.2) is 36.5 Å². The van der Waals surface area contributed by atoms with Gasteiger partial charge in [-0.2, -0.15) is 0 Å². The van der Waals surface area contributed by atoms with Gasteiger partial charge >= 0.3 is 5.97 Å². The number of esters is 1. The summed E-state index contributed by atoms with van der Waals surface area (Å²) in [5.74, 6) is -0.271. The molecule has 0 spiro atoms. The molecule has 128 valence electrons. The zero-order chi connectivity index (χ0) is 17.7. The molecule has 0 fully saturated rings. The van der Waals surface area contributed by atoms with Crippen LogP contribution >= 0.6 is 0 Å². The van der Waals surface area contributed by atoms with E-state index < -0.39 is 5.60 Å². The van der Waals surface area contributed by atoms with Gasteiger partial charge in [0.15, 0.2) is 5.78 Å². The van der Waals surface area contributed by atoms with Crippen LogP contribution < -0.4 is 11.1 Å². The highest BCUT2D eigenvalue weighted by atomic mass is 16.6. The van der Waals surface area contributed by atoms with E-state index in [-0.39, 0.29) is 11.8 Å². The van der Waals surface area contributed by atoms with Crippen molar-refractivity contribution >= 4 is 23.0 Å². The van der Waals surface area contributed by atoms with Crippen molar-refractivity contribution in [3.8, 4) is 0 Å². The lowest BCUT2D eigenvalue weighted by Gasteiger charge is -2.26. The fourth-order valence-electron chi connectivity index (χ4n) is 2.64. The summed E-state index contributed by atoms with van der Waals surface area (Å²) in [5.41, 5.74) is 7.88. The molecule has 0 amide bonds. The molecule has 2 rings (SSSR count). The Morgan fingerprint density at radius 3 is 2.54 bits per heavy atom. The number of nitrogens with two attached hydrogens (primary N) is 1. The maximum absolute atomic E-state index is 11.9. The van der Waals surface area contributed by atoms with E-state index in [0.717, 1.165) is 16.8 Å². The van der Waals surface area contributed by atoms with Crippen molar-refractivity contribution in [3.63, 3.8) is 0 Å². The fourth-order valence-corrected chi connectivity index (χ4v) is 2.64. The van der Waals surface area contributed by atoms with E-state index >= 15 is 0 Å². The van der Waals surface area contributed by atoms with E-state index in [1.165, 1.54) is 0 Å². The molecule has 5 heteroatoms. The fraction of sp³-hybridized carbons (Fsp3) is 0.368. The largest absolute Gasteiger partial charge is 0.455 e. The normalized spacial score (nSPS) is 15.3. The predicted octanol–water partition coefficient (Wildman–Crippen LogP) is 2.62. The number of benzene rings is 1. The Hall–Kier alpha value is -2.40. The van der Waals surface area contributed by atoms with Crippen molar-refractivity contribution in [1.82, 2.24) is 5.32 Å². The Morgan fingerprint density at radius 1 is 1.25 bits per heavy atom. The first-order chi connectivity index (χ1) is 11.3. The van der Waals surface area contributed by atoms with Gasteiger partial charge < -0.3 is 15.8 Å². The van der Waals surface area contributed by atoms with Crippen LogP contribution in [-0.4, -0.2) is 23.9 Å². The Kier molecular flexibility index (Phi) is 5.57. The number of allylic oxidation sites excluding steroid dienone is 1. The van der Waals surface area contributed by atoms with Crippen molar-refractivity contribution in [1.29, 1.82) is 0 Å². The average Bonchev–Trinajstić information content (AvgIpc) is 2.52. The van der Waals surface area contributed by atoms with Crippen LogP contribution in [0.4, 0.5) is 0 Å². The summed E-state index contributed by atoms with van der Waals surface area (Å²) in [6.07, 6.45) is 4.47. The minimum absolute atomic E-state index is 0.00136. The molecule has 24 heavy (non-hydrogen) atoms. The summed E-state index contributed by atoms with van der Waals surface area (Å²) < 4.78 is 5.53. The number of hydrogen-bond donors (Lipinski definition) is 2. The van der Waals surface area contributed by atoms with Crippen LogP contribution in [0.25, 0.3) is 11.3 Å². The van der Waals surface area contributed by atoms with E-state index in [4.69, 9.17) is 10.5 Å². The summed E-state index contributed by atoms with van der Waals surface area (Å²) in [7, 11) is 0. The highest BCUT2D eigenvalue weighted by Crippen LogP contribution is 2.30. The summed E-state index contributed by atoms with van der Waals surface area (Å²) in [6.45, 7) is 5.66. The quantitative estimate of drug-likeness (QED) is 0.785. The lowest BCUT2D eigenvalue weighted by molar-refractivity contribution is -0.152. The molecule has 0 radical (unpaired) electrons. The lowest BCUT2D eigenvalue weighted by atomic mass is 9.91. The topological polar surface area (TPSA) is 81.4 Å². The third kappa shape index (κ3) is 4.32. The third-order valence-electron chi connectivity index (χ3n) is 3.71. The maximum Gasteiger partial charge on any atom is 0.306 e. The average molecular weight is 328 g/mol. The number of fused-ring (bicyclic) bond motifs is 1. The number of nitrogens with one attached hydrogen (secondary N) is 1. The number of carbonyl (C=O) groups is 2. The zero-order valence-corrected chi connectivity index (χ0v) is 14.4. The van der Waals surface area contributed by atoms with Gasteiger partial charge in [-0.05, 0) is 45.4 Å². The Labute approximate surface area is 142 Å². The first kappa shape index (κ1) is 17.9. The molecule has 0 bridgehead atoms. The van der Waals surface area contributed by atoms with Gasteiger partial charge in [-0.1, -0.05) is 24.3 Å². The molecule has 0 aliphatic carbocycles. The molecule has 1 aromatic rings. The molecule has 0 aromatic heterocycles. The molecule has 5 nitrogen and oxygen atoms in total. The van der Waals surface area contributed by atoms with Gasteiger partial charge in [0.05, 0.1) is 0 Å². The van der Waals surface area contributed by atoms with Crippen LogP contribution in [0, 0.1) is 0 Å². The van der Waals surface area contributed by atoms with Gasteiger partial charge in [-0.3, -0.25) is 9.59 Å². The highest BCUT2D eigenvalue weighted by Gasteiger charge is 2.24. The summed E-state index contributed by atoms with van der Waals surface area (Å²) >= 11 is 0. The van der Waals surface area contributed by atoms with E-state index in [0.29, 0.717) is 25.0 Å². The van der Waals surface area contributed by atoms with E-state index in [9.17, 15) is 9.59 Å². The minimum atomic E-state index is -0.775. The third-order valence-corrected chi connectivity index (χ3v) is 3.71. The minimum Gasteiger partial charge on any atom is -0.455 e. The van der Waals surface area contributed by atoms with Crippen molar-refractivity contribution in [3.05, 3.63) is 47.7 Å². The first-order valence-corrected chi connectivity index (χ1v) is 8.06. The summed E-state index contributed by atoms with van der Waals surface area (Å²) in [6, 6.07) is 7.67. The Morgan fingerprint density at radius 2 is 1.92 bits per heavy atom. The number of ether oxygens (including phenoxy) is 1. The number of hydrogen-bond acceptors (Lipinski definition) is 5. The second kappa shape index (κ2) is 7.45. The van der Waals surface area contributed by atoms with Crippen LogP contribution in [-0.2, 0) is 14.3 Å². The van der Waals surface area contributed by atoms with Crippen LogP contribution in [0.2, 0.25) is 0 Å². The summed E-state index contributed by atoms with van der Waals surface area (Å²) in [5, 5.41) is 3.15. The molecule has 1 aliphatic heterocycles.